The number of hydrogen-bond donors (Lipinski definition) is 0. The van der Waals surface area contributed by atoms with Crippen molar-refractivity contribution in [2.24, 2.45) is 0 Å². The predicted molar refractivity (Wildman–Crippen MR) is 56.0 cm³/mol. The quantitative estimate of drug-likeness (QED) is 0.419. The summed E-state index contributed by atoms with van der Waals surface area (Å²) in [5.74, 6) is -0.306. The molecule has 4 nitrogen and oxygen atoms in total. The van der Waals surface area contributed by atoms with E-state index in [0.29, 0.717) is 5.56 Å². The number of rotatable bonds is 3. The van der Waals surface area contributed by atoms with Crippen molar-refractivity contribution < 1.29 is 4.79 Å². The van der Waals surface area contributed by atoms with Crippen LogP contribution in [0, 0.1) is 11.3 Å². The smallest absolute Gasteiger partial charge is 0.206 e. The first kappa shape index (κ1) is 10.9. The second-order valence-electron chi connectivity index (χ2n) is 3.19. The van der Waals surface area contributed by atoms with Gasteiger partial charge in [-0.15, -0.1) is 0 Å². The topological polar surface area (TPSA) is 57.0 Å². The lowest BCUT2D eigenvalue weighted by molar-refractivity contribution is 0.103. The highest BCUT2D eigenvalue weighted by atomic mass is 16.1. The van der Waals surface area contributed by atoms with E-state index in [-0.39, 0.29) is 11.4 Å². The largest absolute Gasteiger partial charge is 0.382 e. The summed E-state index contributed by atoms with van der Waals surface area (Å²) in [5.41, 5.74) is 0.528. The molecule has 15 heavy (non-hydrogen) atoms. The molecule has 0 aliphatic carbocycles. The third kappa shape index (κ3) is 2.92. The molecule has 4 heteroatoms. The zero-order valence-electron chi connectivity index (χ0n) is 8.64. The summed E-state index contributed by atoms with van der Waals surface area (Å²) in [6.45, 7) is 0. The van der Waals surface area contributed by atoms with Crippen molar-refractivity contribution in [1.82, 2.24) is 9.88 Å². The molecule has 1 aromatic heterocycles. The number of hydrogen-bond acceptors (Lipinski definition) is 4. The maximum atomic E-state index is 11.8. The molecule has 1 aromatic rings. The van der Waals surface area contributed by atoms with Gasteiger partial charge in [0.15, 0.2) is 0 Å². The number of ketones is 1. The molecule has 0 amide bonds. The highest BCUT2D eigenvalue weighted by Crippen LogP contribution is 2.06. The molecule has 0 atom stereocenters. The molecule has 0 aromatic carbocycles. The van der Waals surface area contributed by atoms with Crippen LogP contribution < -0.4 is 0 Å². The van der Waals surface area contributed by atoms with Gasteiger partial charge in [-0.1, -0.05) is 0 Å². The zero-order valence-corrected chi connectivity index (χ0v) is 8.64. The van der Waals surface area contributed by atoms with Gasteiger partial charge < -0.3 is 4.90 Å². The maximum Gasteiger partial charge on any atom is 0.206 e. The van der Waals surface area contributed by atoms with Crippen molar-refractivity contribution in [1.29, 1.82) is 5.26 Å². The monoisotopic (exact) mass is 201 g/mol. The van der Waals surface area contributed by atoms with Crippen LogP contribution in [0.3, 0.4) is 0 Å². The Morgan fingerprint density at radius 1 is 1.60 bits per heavy atom. The van der Waals surface area contributed by atoms with Gasteiger partial charge in [-0.2, -0.15) is 5.26 Å². The van der Waals surface area contributed by atoms with Gasteiger partial charge in [0.1, 0.15) is 11.6 Å². The molecular weight excluding hydrogens is 190 g/mol. The minimum atomic E-state index is -0.306. The first-order valence-electron chi connectivity index (χ1n) is 4.38. The molecule has 0 unspecified atom stereocenters. The zero-order chi connectivity index (χ0) is 11.3. The number of nitriles is 1. The molecule has 76 valence electrons. The lowest BCUT2D eigenvalue weighted by Crippen LogP contribution is -2.08. The van der Waals surface area contributed by atoms with E-state index >= 15 is 0 Å². The van der Waals surface area contributed by atoms with Crippen LogP contribution in [0.5, 0.6) is 0 Å². The van der Waals surface area contributed by atoms with Gasteiger partial charge in [-0.05, 0) is 12.1 Å². The first-order chi connectivity index (χ1) is 7.15. The Balaban J connectivity index is 3.00. The fourth-order valence-corrected chi connectivity index (χ4v) is 1.05. The molecule has 0 aliphatic heterocycles. The fraction of sp³-hybridized carbons (Fsp3) is 0.182. The van der Waals surface area contributed by atoms with Gasteiger partial charge in [0, 0.05) is 38.3 Å². The number of carbonyl (C=O) groups excluding carboxylic acids is 1. The number of carbonyl (C=O) groups is 1. The number of aromatic nitrogens is 1. The van der Waals surface area contributed by atoms with Gasteiger partial charge in [0.2, 0.25) is 5.78 Å². The van der Waals surface area contributed by atoms with Crippen molar-refractivity contribution in [3.8, 4) is 6.07 Å². The predicted octanol–water partition coefficient (Wildman–Crippen LogP) is 1.23. The highest BCUT2D eigenvalue weighted by molar-refractivity contribution is 6.10. The Bertz CT molecular complexity index is 415. The van der Waals surface area contributed by atoms with Crippen LogP contribution in [0.4, 0.5) is 0 Å². The van der Waals surface area contributed by atoms with Gasteiger partial charge >= 0.3 is 0 Å². The number of Topliss-reactive ketones (excluding diaryl/α,β-unsaturated/α-hetero) is 1. The molecule has 0 aliphatic rings. The molecule has 0 bridgehead atoms. The van der Waals surface area contributed by atoms with Crippen molar-refractivity contribution in [3.63, 3.8) is 0 Å². The molecule has 1 heterocycles. The minimum Gasteiger partial charge on any atom is -0.382 e. The van der Waals surface area contributed by atoms with Crippen molar-refractivity contribution in [3.05, 3.63) is 41.9 Å². The number of nitrogens with zero attached hydrogens (tertiary/aromatic N) is 3. The SMILES string of the molecule is CN(C)/C=C(\C#N)C(=O)c1cccnc1. The Kier molecular flexibility index (Phi) is 3.58. The van der Waals surface area contributed by atoms with Crippen LogP contribution in [0.2, 0.25) is 0 Å². The van der Waals surface area contributed by atoms with Crippen molar-refractivity contribution >= 4 is 5.78 Å². The van der Waals surface area contributed by atoms with Crippen molar-refractivity contribution in [2.45, 2.75) is 0 Å². The van der Waals surface area contributed by atoms with Gasteiger partial charge in [-0.25, -0.2) is 0 Å². The molecule has 0 saturated heterocycles. The fourth-order valence-electron chi connectivity index (χ4n) is 1.05. The standard InChI is InChI=1S/C11H11N3O/c1-14(2)8-10(6-12)11(15)9-4-3-5-13-7-9/h3-5,7-8H,1-2H3/b10-8+. The van der Waals surface area contributed by atoms with Gasteiger partial charge in [0.05, 0.1) is 0 Å². The van der Waals surface area contributed by atoms with Crippen LogP contribution in [-0.4, -0.2) is 29.8 Å². The van der Waals surface area contributed by atoms with Crippen LogP contribution in [0.25, 0.3) is 0 Å². The second kappa shape index (κ2) is 4.91. The van der Waals surface area contributed by atoms with E-state index in [1.165, 1.54) is 12.4 Å². The molecule has 0 fully saturated rings. The Morgan fingerprint density at radius 3 is 2.80 bits per heavy atom. The summed E-state index contributed by atoms with van der Waals surface area (Å²) in [6, 6.07) is 5.17. The summed E-state index contributed by atoms with van der Waals surface area (Å²) >= 11 is 0. The van der Waals surface area contributed by atoms with Crippen molar-refractivity contribution in [2.75, 3.05) is 14.1 Å². The van der Waals surface area contributed by atoms with E-state index in [1.54, 1.807) is 37.3 Å². The first-order valence-corrected chi connectivity index (χ1v) is 4.38. The van der Waals surface area contributed by atoms with Crippen LogP contribution in [-0.2, 0) is 0 Å². The summed E-state index contributed by atoms with van der Waals surface area (Å²) in [4.78, 5) is 17.2. The van der Waals surface area contributed by atoms with E-state index in [1.807, 2.05) is 6.07 Å². The van der Waals surface area contributed by atoms with E-state index < -0.39 is 0 Å². The molecule has 0 spiro atoms. The summed E-state index contributed by atoms with van der Waals surface area (Å²) < 4.78 is 0. The average molecular weight is 201 g/mol. The van der Waals surface area contributed by atoms with E-state index in [9.17, 15) is 4.79 Å². The highest BCUT2D eigenvalue weighted by Gasteiger charge is 2.11. The maximum absolute atomic E-state index is 11.8. The molecular formula is C11H11N3O. The minimum absolute atomic E-state index is 0.105. The Labute approximate surface area is 88.5 Å². The van der Waals surface area contributed by atoms with Crippen LogP contribution in [0.15, 0.2) is 36.3 Å². The lowest BCUT2D eigenvalue weighted by Gasteiger charge is -2.05. The normalized spacial score (nSPS) is 10.6. The van der Waals surface area contributed by atoms with E-state index in [0.717, 1.165) is 0 Å². The summed E-state index contributed by atoms with van der Waals surface area (Å²) in [7, 11) is 3.52. The molecule has 0 saturated carbocycles. The van der Waals surface area contributed by atoms with E-state index in [2.05, 4.69) is 4.98 Å². The van der Waals surface area contributed by atoms with Crippen LogP contribution >= 0.6 is 0 Å². The van der Waals surface area contributed by atoms with Crippen LogP contribution in [0.1, 0.15) is 10.4 Å². The Hall–Kier alpha value is -2.15. The number of pyridine rings is 1. The third-order valence-electron chi connectivity index (χ3n) is 1.68. The average Bonchev–Trinajstić information content (AvgIpc) is 2.26. The second-order valence-corrected chi connectivity index (χ2v) is 3.19. The summed E-state index contributed by atoms with van der Waals surface area (Å²) in [5, 5.41) is 8.82. The summed E-state index contributed by atoms with van der Waals surface area (Å²) in [6.07, 6.45) is 4.52. The van der Waals surface area contributed by atoms with Gasteiger partial charge in [-0.3, -0.25) is 9.78 Å². The third-order valence-corrected chi connectivity index (χ3v) is 1.68. The number of allylic oxidation sites excluding steroid dienone is 1. The Morgan fingerprint density at radius 2 is 2.33 bits per heavy atom. The lowest BCUT2D eigenvalue weighted by atomic mass is 10.1. The molecule has 0 N–H and O–H groups in total. The van der Waals surface area contributed by atoms with Gasteiger partial charge in [0.25, 0.3) is 0 Å². The molecule has 1 rings (SSSR count). The van der Waals surface area contributed by atoms with E-state index in [4.69, 9.17) is 5.26 Å². The molecule has 0 radical (unpaired) electrons.